The largest absolute Gasteiger partial charge is 3.00 e. The predicted octanol–water partition coefficient (Wildman–Crippen LogP) is 3.17. The van der Waals surface area contributed by atoms with Gasteiger partial charge in [0.15, 0.2) is 0 Å². The van der Waals surface area contributed by atoms with E-state index in [9.17, 15) is 0 Å². The molecule has 2 heterocycles. The number of thioether (sulfide) groups is 1. The summed E-state index contributed by atoms with van der Waals surface area (Å²) in [6.45, 7) is 14.1. The van der Waals surface area contributed by atoms with Crippen LogP contribution in [-0.4, -0.2) is 8.07 Å². The number of allylic oxidation sites excluding steroid dienone is 6. The summed E-state index contributed by atoms with van der Waals surface area (Å²) in [5.74, 6) is 0.793. The molecule has 1 fully saturated rings. The van der Waals surface area contributed by atoms with Crippen LogP contribution in [0.5, 0.6) is 0 Å². The van der Waals surface area contributed by atoms with Crippen LogP contribution in [0.15, 0.2) is 93.0 Å². The minimum Gasteiger partial charge on any atom is -1.00 e. The van der Waals surface area contributed by atoms with Crippen molar-refractivity contribution in [3.8, 4) is 11.1 Å². The molecule has 181 valence electrons. The van der Waals surface area contributed by atoms with Crippen molar-refractivity contribution in [2.24, 2.45) is 5.92 Å². The molecule has 0 nitrogen and oxygen atoms in total. The van der Waals surface area contributed by atoms with Crippen LogP contribution in [0.25, 0.3) is 21.9 Å². The van der Waals surface area contributed by atoms with Crippen molar-refractivity contribution < 1.29 is 51.0 Å². The molecule has 0 bridgehead atoms. The standard InChI is InChI=1S/C19H19.C11H14SSi.2ClH.Zr/c1-19(2,3)16-12-10-15(11-13-16)18-9-5-7-14-6-4-8-17(14)18;1-4-7-11-10-8(12-7)5-6-9(10)13(11,2)3;;;/h4-13H,1-3H3;5-6,10H,4H2,1-3H3;2*1H;/q-1;;;;+3/p-2. The Morgan fingerprint density at radius 3 is 2.26 bits per heavy atom. The van der Waals surface area contributed by atoms with E-state index in [-0.39, 0.29) is 56.4 Å². The number of hydrogen-bond acceptors (Lipinski definition) is 1. The number of benzene rings is 2. The minimum atomic E-state index is -1.08. The Morgan fingerprint density at radius 1 is 0.943 bits per heavy atom. The second-order valence-electron chi connectivity index (χ2n) is 10.7. The zero-order valence-electron chi connectivity index (χ0n) is 21.4. The Bertz CT molecular complexity index is 1290. The molecule has 3 aromatic rings. The Kier molecular flexibility index (Phi) is 9.91. The van der Waals surface area contributed by atoms with Gasteiger partial charge in [-0.3, -0.25) is 0 Å². The summed E-state index contributed by atoms with van der Waals surface area (Å²) in [6.07, 6.45) is 6.00. The molecule has 0 aromatic heterocycles. The number of hydrogen-bond donors (Lipinski definition) is 0. The topological polar surface area (TPSA) is 0 Å². The van der Waals surface area contributed by atoms with Crippen LogP contribution in [0, 0.1) is 5.92 Å². The fraction of sp³-hybridized carbons (Fsp3) is 0.300. The van der Waals surface area contributed by atoms with E-state index in [1.807, 2.05) is 5.20 Å². The zero-order valence-corrected chi connectivity index (χ0v) is 27.2. The van der Waals surface area contributed by atoms with Gasteiger partial charge < -0.3 is 24.8 Å². The van der Waals surface area contributed by atoms with Crippen molar-refractivity contribution >= 4 is 30.6 Å². The van der Waals surface area contributed by atoms with E-state index in [1.165, 1.54) is 33.9 Å². The minimum absolute atomic E-state index is 0. The molecule has 1 saturated heterocycles. The average molecular weight is 616 g/mol. The Morgan fingerprint density at radius 2 is 1.63 bits per heavy atom. The Labute approximate surface area is 248 Å². The second-order valence-corrected chi connectivity index (χ2v) is 16.2. The Balaban J connectivity index is 0.000000239. The molecule has 1 aliphatic carbocycles. The predicted molar refractivity (Wildman–Crippen MR) is 146 cm³/mol. The molecule has 1 radical (unpaired) electrons. The SMILES string of the molecule is CC(C)(C)c1ccc(-c2cccc3[cH-]ccc23)cc1.CCC1=C2C3C(=CC=C3[Si]2(C)C)S1.[Cl-].[Cl-].[Zr+3]. The van der Waals surface area contributed by atoms with Gasteiger partial charge in [0.25, 0.3) is 0 Å². The van der Waals surface area contributed by atoms with E-state index in [2.05, 4.69) is 125 Å². The summed E-state index contributed by atoms with van der Waals surface area (Å²) in [4.78, 5) is 3.32. The van der Waals surface area contributed by atoms with Gasteiger partial charge in [0.2, 0.25) is 0 Å². The first-order valence-electron chi connectivity index (χ1n) is 11.8. The molecule has 1 atom stereocenters. The zero-order chi connectivity index (χ0) is 22.7. The number of halogens is 2. The maximum atomic E-state index is 2.50. The van der Waals surface area contributed by atoms with E-state index in [4.69, 9.17) is 0 Å². The fourth-order valence-electron chi connectivity index (χ4n) is 5.45. The van der Waals surface area contributed by atoms with Crippen LogP contribution >= 0.6 is 11.8 Å². The molecule has 1 unspecified atom stereocenters. The molecule has 2 aliphatic heterocycles. The van der Waals surface area contributed by atoms with Crippen LogP contribution in [-0.2, 0) is 31.6 Å². The van der Waals surface area contributed by atoms with Crippen molar-refractivity contribution in [2.45, 2.75) is 52.6 Å². The first-order chi connectivity index (χ1) is 15.2. The molecule has 3 aromatic carbocycles. The van der Waals surface area contributed by atoms with E-state index in [1.54, 1.807) is 15.0 Å². The summed E-state index contributed by atoms with van der Waals surface area (Å²) in [6, 6.07) is 22.0. The van der Waals surface area contributed by atoms with Gasteiger partial charge in [-0.1, -0.05) is 111 Å². The molecule has 0 N–H and O–H groups in total. The van der Waals surface area contributed by atoms with E-state index >= 15 is 0 Å². The van der Waals surface area contributed by atoms with Crippen LogP contribution in [0.2, 0.25) is 13.1 Å². The Hall–Kier alpha value is -0.700. The number of rotatable bonds is 2. The molecule has 0 spiro atoms. The molecule has 0 amide bonds. The molecular weight excluding hydrogens is 583 g/mol. The van der Waals surface area contributed by atoms with Crippen molar-refractivity contribution in [3.63, 3.8) is 0 Å². The van der Waals surface area contributed by atoms with Crippen molar-refractivity contribution in [3.05, 3.63) is 98.6 Å². The van der Waals surface area contributed by atoms with Gasteiger partial charge in [0, 0.05) is 5.92 Å². The van der Waals surface area contributed by atoms with Gasteiger partial charge in [-0.25, -0.2) is 0 Å². The van der Waals surface area contributed by atoms with Crippen LogP contribution in [0.1, 0.15) is 39.7 Å². The van der Waals surface area contributed by atoms with Gasteiger partial charge >= 0.3 is 26.2 Å². The molecule has 6 rings (SSSR count). The first kappa shape index (κ1) is 30.5. The van der Waals surface area contributed by atoms with Crippen LogP contribution in [0.3, 0.4) is 0 Å². The summed E-state index contributed by atoms with van der Waals surface area (Å²) >= 11 is 2.06. The quantitative estimate of drug-likeness (QED) is 0.316. The molecule has 0 saturated carbocycles. The fourth-order valence-corrected chi connectivity index (χ4v) is 11.2. The third kappa shape index (κ3) is 5.32. The van der Waals surface area contributed by atoms with Gasteiger partial charge in [0.05, 0.1) is 0 Å². The van der Waals surface area contributed by atoms with E-state index in [0.717, 1.165) is 5.92 Å². The van der Waals surface area contributed by atoms with Crippen molar-refractivity contribution in [1.29, 1.82) is 0 Å². The summed E-state index contributed by atoms with van der Waals surface area (Å²) in [5.41, 5.74) is 4.21. The van der Waals surface area contributed by atoms with E-state index in [0.29, 0.717) is 0 Å². The first-order valence-corrected chi connectivity index (χ1v) is 15.6. The van der Waals surface area contributed by atoms with Crippen LogP contribution < -0.4 is 24.8 Å². The second kappa shape index (κ2) is 11.4. The third-order valence-corrected chi connectivity index (χ3v) is 12.7. The van der Waals surface area contributed by atoms with Crippen LogP contribution in [0.4, 0.5) is 0 Å². The van der Waals surface area contributed by atoms with Gasteiger partial charge in [-0.2, -0.15) is 12.1 Å². The average Bonchev–Trinajstić information content (AvgIpc) is 3.45. The monoisotopic (exact) mass is 613 g/mol. The number of fused-ring (bicyclic) bond motifs is 1. The molecule has 3 aliphatic rings. The normalized spacial score (nSPS) is 18.6. The maximum Gasteiger partial charge on any atom is 3.00 e. The summed E-state index contributed by atoms with van der Waals surface area (Å²) in [5, 5.41) is 6.30. The van der Waals surface area contributed by atoms with Gasteiger partial charge in [-0.15, -0.1) is 29.0 Å². The molecular formula is C30H33Cl2SSiZr. The smallest absolute Gasteiger partial charge is 1.00 e. The van der Waals surface area contributed by atoms with Crippen molar-refractivity contribution in [2.75, 3.05) is 0 Å². The van der Waals surface area contributed by atoms with Gasteiger partial charge in [0.1, 0.15) is 8.07 Å². The summed E-state index contributed by atoms with van der Waals surface area (Å²) in [7, 11) is -1.08. The van der Waals surface area contributed by atoms with Gasteiger partial charge in [-0.05, 0) is 32.8 Å². The molecule has 35 heavy (non-hydrogen) atoms. The van der Waals surface area contributed by atoms with Crippen molar-refractivity contribution in [1.82, 2.24) is 0 Å². The summed E-state index contributed by atoms with van der Waals surface area (Å²) < 4.78 is 0. The molecule has 5 heteroatoms. The van der Waals surface area contributed by atoms with E-state index < -0.39 is 8.07 Å². The third-order valence-electron chi connectivity index (χ3n) is 7.31. The maximum absolute atomic E-state index is 2.50.